The van der Waals surface area contributed by atoms with Crippen molar-refractivity contribution in [3.63, 3.8) is 0 Å². The van der Waals surface area contributed by atoms with Gasteiger partial charge in [0.05, 0.1) is 11.3 Å². The zero-order chi connectivity index (χ0) is 14.8. The van der Waals surface area contributed by atoms with E-state index < -0.39 is 11.0 Å². The van der Waals surface area contributed by atoms with Crippen molar-refractivity contribution in [2.45, 2.75) is 6.54 Å². The number of halogens is 1. The van der Waals surface area contributed by atoms with Crippen molar-refractivity contribution in [1.29, 1.82) is 0 Å². The number of anilines is 1. The highest BCUT2D eigenvalue weighted by molar-refractivity contribution is 5.81. The van der Waals surface area contributed by atoms with Crippen LogP contribution in [0.1, 0.15) is 5.56 Å². The highest BCUT2D eigenvalue weighted by atomic mass is 19.1. The minimum absolute atomic E-state index is 0.0165. The van der Waals surface area contributed by atoms with Gasteiger partial charge in [-0.1, -0.05) is 12.1 Å². The molecule has 3 rings (SSSR count). The molecule has 0 atom stereocenters. The Morgan fingerprint density at radius 2 is 2.05 bits per heavy atom. The Bertz CT molecular complexity index is 801. The molecule has 0 amide bonds. The fourth-order valence-corrected chi connectivity index (χ4v) is 1.86. The minimum atomic E-state index is -0.874. The topological polar surface area (TPSA) is 110 Å². The first-order valence-electron chi connectivity index (χ1n) is 5.97. The van der Waals surface area contributed by atoms with Gasteiger partial charge in [-0.05, 0) is 5.56 Å². The van der Waals surface area contributed by atoms with Crippen LogP contribution in [0.5, 0.6) is 0 Å². The molecule has 0 radical (unpaired) electrons. The fourth-order valence-electron chi connectivity index (χ4n) is 1.86. The Kier molecular flexibility index (Phi) is 3.14. The summed E-state index contributed by atoms with van der Waals surface area (Å²) in [5.74, 6) is 0.286. The molecule has 0 saturated carbocycles. The molecule has 2 N–H and O–H groups in total. The Hall–Kier alpha value is -3.10. The van der Waals surface area contributed by atoms with Crippen LogP contribution in [0.3, 0.4) is 0 Å². The zero-order valence-corrected chi connectivity index (χ0v) is 10.6. The van der Waals surface area contributed by atoms with Crippen LogP contribution in [0.25, 0.3) is 11.2 Å². The number of H-pyrrole nitrogens is 1. The molecule has 0 unspecified atom stereocenters. The Morgan fingerprint density at radius 3 is 2.76 bits per heavy atom. The molecular formula is C12H9FN6O2. The van der Waals surface area contributed by atoms with Gasteiger partial charge in [0.15, 0.2) is 11.5 Å². The number of benzene rings is 1. The van der Waals surface area contributed by atoms with Crippen LogP contribution >= 0.6 is 0 Å². The van der Waals surface area contributed by atoms with Crippen LogP contribution in [0.15, 0.2) is 30.6 Å². The molecule has 0 fully saturated rings. The first-order chi connectivity index (χ1) is 10.1. The fraction of sp³-hybridized carbons (Fsp3) is 0.0833. The van der Waals surface area contributed by atoms with Crippen molar-refractivity contribution in [2.75, 3.05) is 5.32 Å². The van der Waals surface area contributed by atoms with E-state index in [0.29, 0.717) is 12.1 Å². The molecule has 0 spiro atoms. The third-order valence-corrected chi connectivity index (χ3v) is 2.87. The SMILES string of the molecule is O=[N+]([O-])c1ccc(CNc2nc(F)nc3nc[nH]c23)cc1. The molecule has 9 heteroatoms. The maximum Gasteiger partial charge on any atom is 0.312 e. The third kappa shape index (κ3) is 2.61. The average molecular weight is 288 g/mol. The molecule has 0 aliphatic rings. The van der Waals surface area contributed by atoms with Crippen LogP contribution in [-0.4, -0.2) is 24.9 Å². The van der Waals surface area contributed by atoms with Crippen molar-refractivity contribution in [3.8, 4) is 0 Å². The standard InChI is InChI=1S/C12H9FN6O2/c13-12-17-10(9-11(18-12)16-6-15-9)14-5-7-1-3-8(4-2-7)19(20)21/h1-4,6H,5H2,(H2,14,15,16,17,18). The van der Waals surface area contributed by atoms with Gasteiger partial charge in [0, 0.05) is 18.7 Å². The number of hydrogen-bond acceptors (Lipinski definition) is 6. The molecule has 21 heavy (non-hydrogen) atoms. The van der Waals surface area contributed by atoms with E-state index in [4.69, 9.17) is 0 Å². The number of nitrogens with zero attached hydrogens (tertiary/aromatic N) is 4. The molecule has 0 bridgehead atoms. The number of aromatic amines is 1. The number of imidazole rings is 1. The highest BCUT2D eigenvalue weighted by Crippen LogP contribution is 2.18. The number of rotatable bonds is 4. The summed E-state index contributed by atoms with van der Waals surface area (Å²) in [5, 5.41) is 13.5. The Morgan fingerprint density at radius 1 is 1.29 bits per heavy atom. The third-order valence-electron chi connectivity index (χ3n) is 2.87. The molecule has 3 aromatic rings. The summed E-state index contributed by atoms with van der Waals surface area (Å²) in [6.07, 6.45) is 0.524. The van der Waals surface area contributed by atoms with Crippen LogP contribution in [0, 0.1) is 16.2 Å². The summed E-state index contributed by atoms with van der Waals surface area (Å²) >= 11 is 0. The molecule has 8 nitrogen and oxygen atoms in total. The van der Waals surface area contributed by atoms with Gasteiger partial charge < -0.3 is 10.3 Å². The van der Waals surface area contributed by atoms with Crippen LogP contribution in [0.2, 0.25) is 0 Å². The molecule has 0 aliphatic heterocycles. The summed E-state index contributed by atoms with van der Waals surface area (Å²) in [5.41, 5.74) is 1.54. The Balaban J connectivity index is 1.80. The van der Waals surface area contributed by atoms with Crippen LogP contribution in [0.4, 0.5) is 15.9 Å². The molecule has 0 saturated heterocycles. The largest absolute Gasteiger partial charge is 0.364 e. The number of hydrogen-bond donors (Lipinski definition) is 2. The number of nitro benzene ring substituents is 1. The minimum Gasteiger partial charge on any atom is -0.364 e. The second-order valence-corrected chi connectivity index (χ2v) is 4.22. The Labute approximate surface area is 117 Å². The van der Waals surface area contributed by atoms with Gasteiger partial charge in [-0.3, -0.25) is 10.1 Å². The molecule has 106 valence electrons. The molecule has 2 aromatic heterocycles. The van der Waals surface area contributed by atoms with Crippen molar-refractivity contribution in [3.05, 3.63) is 52.3 Å². The second kappa shape index (κ2) is 5.12. The van der Waals surface area contributed by atoms with Crippen LogP contribution in [-0.2, 0) is 6.54 Å². The van der Waals surface area contributed by atoms with E-state index in [0.717, 1.165) is 5.56 Å². The van der Waals surface area contributed by atoms with Crippen molar-refractivity contribution in [2.24, 2.45) is 0 Å². The van der Waals surface area contributed by atoms with Crippen molar-refractivity contribution < 1.29 is 9.31 Å². The smallest absolute Gasteiger partial charge is 0.312 e. The van der Waals surface area contributed by atoms with Gasteiger partial charge in [0.25, 0.3) is 5.69 Å². The quantitative estimate of drug-likeness (QED) is 0.431. The normalized spacial score (nSPS) is 10.7. The van der Waals surface area contributed by atoms with Gasteiger partial charge in [-0.15, -0.1) is 0 Å². The summed E-state index contributed by atoms with van der Waals surface area (Å²) in [7, 11) is 0. The summed E-state index contributed by atoms with van der Waals surface area (Å²) in [6, 6.07) is 6.05. The predicted molar refractivity (Wildman–Crippen MR) is 72.1 cm³/mol. The van der Waals surface area contributed by atoms with Gasteiger partial charge >= 0.3 is 6.08 Å². The lowest BCUT2D eigenvalue weighted by atomic mass is 10.2. The zero-order valence-electron chi connectivity index (χ0n) is 10.6. The van der Waals surface area contributed by atoms with Gasteiger partial charge in [0.2, 0.25) is 0 Å². The number of fused-ring (bicyclic) bond motifs is 1. The summed E-state index contributed by atoms with van der Waals surface area (Å²) < 4.78 is 13.3. The molecule has 1 aromatic carbocycles. The first-order valence-corrected chi connectivity index (χ1v) is 5.97. The van der Waals surface area contributed by atoms with Gasteiger partial charge in [0.1, 0.15) is 5.52 Å². The lowest BCUT2D eigenvalue weighted by Crippen LogP contribution is -2.04. The average Bonchev–Trinajstić information content (AvgIpc) is 2.93. The van der Waals surface area contributed by atoms with Gasteiger partial charge in [-0.25, -0.2) is 4.98 Å². The highest BCUT2D eigenvalue weighted by Gasteiger charge is 2.10. The molecular weight excluding hydrogens is 279 g/mol. The predicted octanol–water partition coefficient (Wildman–Crippen LogP) is 2.01. The van der Waals surface area contributed by atoms with E-state index in [2.05, 4.69) is 25.3 Å². The van der Waals surface area contributed by atoms with E-state index in [-0.39, 0.29) is 17.2 Å². The lowest BCUT2D eigenvalue weighted by Gasteiger charge is -2.06. The number of nitrogens with one attached hydrogen (secondary N) is 2. The van der Waals surface area contributed by atoms with Crippen LogP contribution < -0.4 is 5.32 Å². The van der Waals surface area contributed by atoms with E-state index in [1.165, 1.54) is 18.5 Å². The summed E-state index contributed by atoms with van der Waals surface area (Å²) in [6.45, 7) is 0.336. The molecule has 0 aliphatic carbocycles. The monoisotopic (exact) mass is 288 g/mol. The number of nitro groups is 1. The maximum absolute atomic E-state index is 13.3. The maximum atomic E-state index is 13.3. The lowest BCUT2D eigenvalue weighted by molar-refractivity contribution is -0.384. The summed E-state index contributed by atoms with van der Waals surface area (Å²) in [4.78, 5) is 24.0. The number of non-ortho nitro benzene ring substituents is 1. The van der Waals surface area contributed by atoms with E-state index in [1.807, 2.05) is 0 Å². The van der Waals surface area contributed by atoms with E-state index in [9.17, 15) is 14.5 Å². The first kappa shape index (κ1) is 12.9. The number of aromatic nitrogens is 4. The van der Waals surface area contributed by atoms with E-state index >= 15 is 0 Å². The van der Waals surface area contributed by atoms with Crippen molar-refractivity contribution in [1.82, 2.24) is 19.9 Å². The van der Waals surface area contributed by atoms with Gasteiger partial charge in [-0.2, -0.15) is 14.4 Å². The molecule has 2 heterocycles. The van der Waals surface area contributed by atoms with Crippen molar-refractivity contribution >= 4 is 22.7 Å². The second-order valence-electron chi connectivity index (χ2n) is 4.22. The van der Waals surface area contributed by atoms with E-state index in [1.54, 1.807) is 12.1 Å².